The predicted octanol–water partition coefficient (Wildman–Crippen LogP) is 2.15. The van der Waals surface area contributed by atoms with Gasteiger partial charge < -0.3 is 15.5 Å². The van der Waals surface area contributed by atoms with Crippen LogP contribution in [-0.4, -0.2) is 49.6 Å². The van der Waals surface area contributed by atoms with Crippen molar-refractivity contribution in [3.8, 4) is 0 Å². The van der Waals surface area contributed by atoms with E-state index in [1.165, 1.54) is 19.4 Å². The molecule has 122 valence electrons. The maximum atomic E-state index is 12.7. The lowest BCUT2D eigenvalue weighted by Gasteiger charge is -2.38. The Labute approximate surface area is 130 Å². The monoisotopic (exact) mass is 295 g/mol. The van der Waals surface area contributed by atoms with Crippen LogP contribution in [0.3, 0.4) is 0 Å². The van der Waals surface area contributed by atoms with Crippen LogP contribution in [-0.2, 0) is 4.79 Å². The number of nitrogens with one attached hydrogen (secondary N) is 2. The van der Waals surface area contributed by atoms with Crippen LogP contribution in [0.4, 0.5) is 0 Å². The highest BCUT2D eigenvalue weighted by atomic mass is 16.2. The van der Waals surface area contributed by atoms with Gasteiger partial charge in [-0.15, -0.1) is 0 Å². The molecule has 2 rings (SSSR count). The summed E-state index contributed by atoms with van der Waals surface area (Å²) in [5.41, 5.74) is -0.107. The van der Waals surface area contributed by atoms with Crippen LogP contribution < -0.4 is 10.6 Å². The molecule has 0 bridgehead atoms. The molecule has 4 nitrogen and oxygen atoms in total. The van der Waals surface area contributed by atoms with E-state index >= 15 is 0 Å². The highest BCUT2D eigenvalue weighted by molar-refractivity contribution is 5.83. The van der Waals surface area contributed by atoms with E-state index in [1.807, 2.05) is 0 Å². The number of unbranched alkanes of at least 4 members (excludes halogenated alkanes) is 1. The molecule has 21 heavy (non-hydrogen) atoms. The molecule has 0 aromatic carbocycles. The van der Waals surface area contributed by atoms with Crippen LogP contribution in [0.25, 0.3) is 0 Å². The van der Waals surface area contributed by atoms with Crippen molar-refractivity contribution < 1.29 is 4.79 Å². The van der Waals surface area contributed by atoms with Gasteiger partial charge in [0.15, 0.2) is 0 Å². The third kappa shape index (κ3) is 4.43. The van der Waals surface area contributed by atoms with Crippen molar-refractivity contribution in [2.45, 2.75) is 64.8 Å². The van der Waals surface area contributed by atoms with Crippen molar-refractivity contribution in [1.29, 1.82) is 0 Å². The van der Waals surface area contributed by atoms with E-state index in [1.54, 1.807) is 0 Å². The number of carbonyl (C=O) groups excluding carboxylic acids is 1. The fourth-order valence-corrected chi connectivity index (χ4v) is 3.67. The molecule has 0 radical (unpaired) electrons. The van der Waals surface area contributed by atoms with Crippen molar-refractivity contribution in [2.24, 2.45) is 5.41 Å². The van der Waals surface area contributed by atoms with E-state index in [4.69, 9.17) is 0 Å². The molecular weight excluding hydrogens is 262 g/mol. The van der Waals surface area contributed by atoms with Crippen LogP contribution in [0.5, 0.6) is 0 Å². The van der Waals surface area contributed by atoms with Crippen LogP contribution in [0.2, 0.25) is 0 Å². The first-order chi connectivity index (χ1) is 10.2. The second kappa shape index (κ2) is 8.14. The molecule has 0 saturated carbocycles. The Balaban J connectivity index is 1.78. The Hall–Kier alpha value is -0.610. The number of carbonyl (C=O) groups is 1. The van der Waals surface area contributed by atoms with Crippen molar-refractivity contribution in [2.75, 3.05) is 32.7 Å². The molecule has 1 amide bonds. The summed E-state index contributed by atoms with van der Waals surface area (Å²) in [5, 5.41) is 6.73. The van der Waals surface area contributed by atoms with Crippen molar-refractivity contribution in [3.05, 3.63) is 0 Å². The Bertz CT molecular complexity index is 318. The quantitative estimate of drug-likeness (QED) is 0.789. The van der Waals surface area contributed by atoms with Gasteiger partial charge in [0.1, 0.15) is 0 Å². The average molecular weight is 295 g/mol. The maximum Gasteiger partial charge on any atom is 0.226 e. The summed E-state index contributed by atoms with van der Waals surface area (Å²) >= 11 is 0. The lowest BCUT2D eigenvalue weighted by molar-refractivity contribution is -0.134. The minimum atomic E-state index is -0.107. The van der Waals surface area contributed by atoms with Gasteiger partial charge in [0.2, 0.25) is 5.91 Å². The summed E-state index contributed by atoms with van der Waals surface area (Å²) in [6, 6.07) is 0.397. The number of hydrogen-bond donors (Lipinski definition) is 2. The number of piperidine rings is 2. The van der Waals surface area contributed by atoms with Crippen molar-refractivity contribution in [1.82, 2.24) is 15.5 Å². The van der Waals surface area contributed by atoms with Gasteiger partial charge in [-0.2, -0.15) is 0 Å². The summed E-state index contributed by atoms with van der Waals surface area (Å²) in [5.74, 6) is 0.318. The molecule has 2 saturated heterocycles. The summed E-state index contributed by atoms with van der Waals surface area (Å²) in [6.45, 7) is 9.89. The molecule has 0 aromatic rings. The van der Waals surface area contributed by atoms with Gasteiger partial charge in [-0.3, -0.25) is 4.79 Å². The fourth-order valence-electron chi connectivity index (χ4n) is 3.67. The smallest absolute Gasteiger partial charge is 0.226 e. The molecule has 2 aliphatic rings. The Kier molecular flexibility index (Phi) is 6.49. The molecule has 0 spiro atoms. The van der Waals surface area contributed by atoms with Gasteiger partial charge in [0.25, 0.3) is 0 Å². The van der Waals surface area contributed by atoms with Crippen molar-refractivity contribution in [3.63, 3.8) is 0 Å². The summed E-state index contributed by atoms with van der Waals surface area (Å²) in [4.78, 5) is 15.3. The molecule has 2 fully saturated rings. The first-order valence-corrected chi connectivity index (χ1v) is 8.94. The molecular formula is C17H33N3O. The second-order valence-electron chi connectivity index (χ2n) is 6.83. The van der Waals surface area contributed by atoms with Gasteiger partial charge in [-0.25, -0.2) is 0 Å². The van der Waals surface area contributed by atoms with E-state index < -0.39 is 0 Å². The van der Waals surface area contributed by atoms with Crippen LogP contribution in [0, 0.1) is 5.41 Å². The summed E-state index contributed by atoms with van der Waals surface area (Å²) in [6.07, 6.45) is 7.75. The van der Waals surface area contributed by atoms with Gasteiger partial charge in [0.05, 0.1) is 5.41 Å². The zero-order valence-electron chi connectivity index (χ0n) is 13.9. The van der Waals surface area contributed by atoms with Crippen LogP contribution >= 0.6 is 0 Å². The van der Waals surface area contributed by atoms with Gasteiger partial charge >= 0.3 is 0 Å². The lowest BCUT2D eigenvalue weighted by atomic mass is 9.75. The van der Waals surface area contributed by atoms with E-state index in [-0.39, 0.29) is 5.41 Å². The maximum absolute atomic E-state index is 12.7. The van der Waals surface area contributed by atoms with Gasteiger partial charge in [-0.05, 0) is 58.2 Å². The number of nitrogens with zero attached hydrogens (tertiary/aromatic N) is 1. The molecule has 4 heteroatoms. The van der Waals surface area contributed by atoms with E-state index in [9.17, 15) is 4.79 Å². The Morgan fingerprint density at radius 2 is 1.90 bits per heavy atom. The number of likely N-dealkylation sites (tertiary alicyclic amines) is 1. The zero-order chi connectivity index (χ0) is 15.1. The van der Waals surface area contributed by atoms with Crippen molar-refractivity contribution >= 4 is 5.91 Å². The SMILES string of the molecule is CCCCN1CCC(NC(=O)C2(CC)CCNCC2)CC1. The third-order valence-corrected chi connectivity index (χ3v) is 5.47. The molecule has 2 aliphatic heterocycles. The highest BCUT2D eigenvalue weighted by Gasteiger charge is 2.38. The first-order valence-electron chi connectivity index (χ1n) is 8.94. The fraction of sp³-hybridized carbons (Fsp3) is 0.941. The molecule has 2 N–H and O–H groups in total. The van der Waals surface area contributed by atoms with Gasteiger partial charge in [-0.1, -0.05) is 20.3 Å². The number of amides is 1. The molecule has 0 atom stereocenters. The minimum absolute atomic E-state index is 0.107. The van der Waals surface area contributed by atoms with Crippen LogP contribution in [0.1, 0.15) is 58.8 Å². The highest BCUT2D eigenvalue weighted by Crippen LogP contribution is 2.33. The lowest BCUT2D eigenvalue weighted by Crippen LogP contribution is -2.52. The largest absolute Gasteiger partial charge is 0.353 e. The summed E-state index contributed by atoms with van der Waals surface area (Å²) < 4.78 is 0. The normalized spacial score (nSPS) is 23.9. The predicted molar refractivity (Wildman–Crippen MR) is 87.3 cm³/mol. The average Bonchev–Trinajstić information content (AvgIpc) is 2.54. The minimum Gasteiger partial charge on any atom is -0.353 e. The zero-order valence-corrected chi connectivity index (χ0v) is 13.9. The Morgan fingerprint density at radius 3 is 2.48 bits per heavy atom. The molecule has 0 aromatic heterocycles. The topological polar surface area (TPSA) is 44.4 Å². The number of rotatable bonds is 6. The van der Waals surface area contributed by atoms with E-state index in [0.717, 1.165) is 58.3 Å². The third-order valence-electron chi connectivity index (χ3n) is 5.47. The standard InChI is InChI=1S/C17H33N3O/c1-3-5-12-20-13-6-15(7-14-20)19-16(21)17(4-2)8-10-18-11-9-17/h15,18H,3-14H2,1-2H3,(H,19,21). The summed E-state index contributed by atoms with van der Waals surface area (Å²) in [7, 11) is 0. The second-order valence-corrected chi connectivity index (χ2v) is 6.83. The van der Waals surface area contributed by atoms with E-state index in [2.05, 4.69) is 29.4 Å². The van der Waals surface area contributed by atoms with Gasteiger partial charge in [0, 0.05) is 19.1 Å². The molecule has 0 unspecified atom stereocenters. The number of hydrogen-bond acceptors (Lipinski definition) is 3. The Morgan fingerprint density at radius 1 is 1.24 bits per heavy atom. The molecule has 2 heterocycles. The first kappa shape index (κ1) is 16.8. The van der Waals surface area contributed by atoms with E-state index in [0.29, 0.717) is 11.9 Å². The van der Waals surface area contributed by atoms with Crippen LogP contribution in [0.15, 0.2) is 0 Å². The molecule has 0 aliphatic carbocycles.